The Morgan fingerprint density at radius 1 is 1.08 bits per heavy atom. The van der Waals surface area contributed by atoms with Crippen molar-refractivity contribution in [1.29, 1.82) is 0 Å². The number of carbonyl (C=O) groups is 2. The van der Waals surface area contributed by atoms with Crippen molar-refractivity contribution in [2.75, 3.05) is 10.6 Å². The predicted octanol–water partition coefficient (Wildman–Crippen LogP) is 3.83. The van der Waals surface area contributed by atoms with E-state index >= 15 is 0 Å². The van der Waals surface area contributed by atoms with Crippen molar-refractivity contribution in [2.24, 2.45) is 0 Å². The Kier molecular flexibility index (Phi) is 4.88. The van der Waals surface area contributed by atoms with Gasteiger partial charge in [-0.2, -0.15) is 4.98 Å². The van der Waals surface area contributed by atoms with E-state index in [0.29, 0.717) is 28.1 Å². The number of hydrogen-bond acceptors (Lipinski definition) is 5. The second-order valence-electron chi connectivity index (χ2n) is 6.03. The van der Waals surface area contributed by atoms with Crippen LogP contribution in [0, 0.1) is 0 Å². The highest BCUT2D eigenvalue weighted by atomic mass is 16.5. The summed E-state index contributed by atoms with van der Waals surface area (Å²) in [6.45, 7) is 5.30. The smallest absolute Gasteiger partial charge is 0.302 e. The summed E-state index contributed by atoms with van der Waals surface area (Å²) in [5.74, 6) is 0.181. The minimum Gasteiger partial charge on any atom is -0.491 e. The molecule has 0 aliphatic rings. The lowest BCUT2D eigenvalue weighted by Crippen LogP contribution is -2.12. The van der Waals surface area contributed by atoms with E-state index in [9.17, 15) is 9.59 Å². The lowest BCUT2D eigenvalue weighted by Gasteiger charge is -2.09. The van der Waals surface area contributed by atoms with Gasteiger partial charge in [0.25, 0.3) is 5.91 Å². The number of nitrogens with zero attached hydrogens (tertiary/aromatic N) is 1. The molecule has 2 N–H and O–H groups in total. The maximum atomic E-state index is 12.3. The minimum atomic E-state index is -0.338. The van der Waals surface area contributed by atoms with Gasteiger partial charge in [0.1, 0.15) is 11.3 Å². The van der Waals surface area contributed by atoms with E-state index in [4.69, 9.17) is 9.15 Å². The number of hydrogen-bond donors (Lipinski definition) is 2. The van der Waals surface area contributed by atoms with Crippen LogP contribution in [0.15, 0.2) is 46.9 Å². The van der Waals surface area contributed by atoms with Crippen LogP contribution in [0.1, 0.15) is 31.1 Å². The van der Waals surface area contributed by atoms with Gasteiger partial charge >= 0.3 is 6.01 Å². The Morgan fingerprint density at radius 2 is 1.81 bits per heavy atom. The van der Waals surface area contributed by atoms with Gasteiger partial charge < -0.3 is 14.5 Å². The van der Waals surface area contributed by atoms with Crippen LogP contribution < -0.4 is 15.4 Å². The van der Waals surface area contributed by atoms with E-state index in [1.54, 1.807) is 42.5 Å². The largest absolute Gasteiger partial charge is 0.491 e. The van der Waals surface area contributed by atoms with Gasteiger partial charge in [0.15, 0.2) is 5.58 Å². The average Bonchev–Trinajstić information content (AvgIpc) is 2.95. The van der Waals surface area contributed by atoms with Crippen LogP contribution in [0.25, 0.3) is 11.1 Å². The summed E-state index contributed by atoms with van der Waals surface area (Å²) < 4.78 is 11.1. The number of benzene rings is 2. The highest BCUT2D eigenvalue weighted by molar-refractivity contribution is 6.03. The lowest BCUT2D eigenvalue weighted by atomic mass is 10.2. The number of rotatable bonds is 5. The first-order valence-electron chi connectivity index (χ1n) is 8.17. The van der Waals surface area contributed by atoms with Crippen molar-refractivity contribution >= 4 is 34.6 Å². The summed E-state index contributed by atoms with van der Waals surface area (Å²) in [5, 5.41) is 5.29. The predicted molar refractivity (Wildman–Crippen MR) is 98.5 cm³/mol. The van der Waals surface area contributed by atoms with E-state index in [-0.39, 0.29) is 23.9 Å². The van der Waals surface area contributed by atoms with Gasteiger partial charge in [-0.25, -0.2) is 0 Å². The molecule has 3 rings (SSSR count). The van der Waals surface area contributed by atoms with Crippen LogP contribution in [-0.2, 0) is 4.79 Å². The highest BCUT2D eigenvalue weighted by Gasteiger charge is 2.12. The van der Waals surface area contributed by atoms with Crippen LogP contribution >= 0.6 is 0 Å². The van der Waals surface area contributed by atoms with Crippen molar-refractivity contribution in [1.82, 2.24) is 4.98 Å². The molecule has 0 radical (unpaired) electrons. The molecule has 0 fully saturated rings. The number of oxazole rings is 1. The van der Waals surface area contributed by atoms with Crippen molar-refractivity contribution < 1.29 is 18.7 Å². The summed E-state index contributed by atoms with van der Waals surface area (Å²) in [6, 6.07) is 12.0. The summed E-state index contributed by atoms with van der Waals surface area (Å²) in [6.07, 6.45) is 0.0665. The molecule has 134 valence electrons. The van der Waals surface area contributed by atoms with Crippen LogP contribution in [0.2, 0.25) is 0 Å². The maximum Gasteiger partial charge on any atom is 0.302 e. The minimum absolute atomic E-state index is 0.0665. The van der Waals surface area contributed by atoms with Crippen LogP contribution in [-0.4, -0.2) is 22.9 Å². The first kappa shape index (κ1) is 17.5. The van der Waals surface area contributed by atoms with Crippen molar-refractivity contribution in [3.05, 3.63) is 48.0 Å². The lowest BCUT2D eigenvalue weighted by molar-refractivity contribution is -0.114. The third-order valence-corrected chi connectivity index (χ3v) is 3.42. The van der Waals surface area contributed by atoms with Crippen LogP contribution in [0.4, 0.5) is 11.7 Å². The zero-order valence-electron chi connectivity index (χ0n) is 14.7. The summed E-state index contributed by atoms with van der Waals surface area (Å²) >= 11 is 0. The second kappa shape index (κ2) is 7.26. The number of nitrogens with one attached hydrogen (secondary N) is 2. The number of amides is 2. The van der Waals surface area contributed by atoms with Gasteiger partial charge in [0.2, 0.25) is 5.91 Å². The molecule has 0 aliphatic heterocycles. The molecule has 0 saturated heterocycles. The summed E-state index contributed by atoms with van der Waals surface area (Å²) in [5.41, 5.74) is 2.10. The number of carbonyl (C=O) groups excluding carboxylic acids is 2. The molecule has 7 nitrogen and oxygen atoms in total. The van der Waals surface area contributed by atoms with Crippen molar-refractivity contribution in [2.45, 2.75) is 26.9 Å². The molecule has 0 unspecified atom stereocenters. The van der Waals surface area contributed by atoms with E-state index < -0.39 is 0 Å². The Labute approximate surface area is 150 Å². The average molecular weight is 353 g/mol. The number of anilines is 2. The summed E-state index contributed by atoms with van der Waals surface area (Å²) in [7, 11) is 0. The van der Waals surface area contributed by atoms with Crippen molar-refractivity contribution in [3.63, 3.8) is 0 Å². The van der Waals surface area contributed by atoms with Gasteiger partial charge in [-0.15, -0.1) is 0 Å². The number of aromatic nitrogens is 1. The Hall–Kier alpha value is -3.35. The van der Waals surface area contributed by atoms with Crippen LogP contribution in [0.3, 0.4) is 0 Å². The molecule has 0 bridgehead atoms. The molecule has 0 aliphatic carbocycles. The molecule has 0 spiro atoms. The molecular formula is C19H19N3O4. The zero-order chi connectivity index (χ0) is 18.7. The molecule has 1 aromatic heterocycles. The monoisotopic (exact) mass is 353 g/mol. The molecule has 1 heterocycles. The van der Waals surface area contributed by atoms with E-state index in [0.717, 1.165) is 0 Å². The zero-order valence-corrected chi connectivity index (χ0v) is 14.7. The van der Waals surface area contributed by atoms with Gasteiger partial charge in [0.05, 0.1) is 6.10 Å². The fourth-order valence-electron chi connectivity index (χ4n) is 2.39. The molecule has 0 saturated carbocycles. The molecule has 7 heteroatoms. The van der Waals surface area contributed by atoms with Crippen LogP contribution in [0.5, 0.6) is 5.75 Å². The van der Waals surface area contributed by atoms with Gasteiger partial charge in [-0.05, 0) is 50.2 Å². The Balaban J connectivity index is 1.73. The Bertz CT molecular complexity index is 945. The third-order valence-electron chi connectivity index (χ3n) is 3.42. The molecule has 26 heavy (non-hydrogen) atoms. The molecule has 3 aromatic rings. The number of ether oxygens (including phenoxy) is 1. The van der Waals surface area contributed by atoms with Gasteiger partial charge in [-0.3, -0.25) is 14.9 Å². The fraction of sp³-hybridized carbons (Fsp3) is 0.211. The topological polar surface area (TPSA) is 93.5 Å². The fourth-order valence-corrected chi connectivity index (χ4v) is 2.39. The summed E-state index contributed by atoms with van der Waals surface area (Å²) in [4.78, 5) is 27.7. The van der Waals surface area contributed by atoms with E-state index in [1.807, 2.05) is 13.8 Å². The molecule has 2 amide bonds. The van der Waals surface area contributed by atoms with Crippen molar-refractivity contribution in [3.8, 4) is 5.75 Å². The Morgan fingerprint density at radius 3 is 2.46 bits per heavy atom. The normalized spacial score (nSPS) is 10.8. The molecule has 2 aromatic carbocycles. The van der Waals surface area contributed by atoms with Gasteiger partial charge in [0, 0.05) is 24.2 Å². The molecular weight excluding hydrogens is 334 g/mol. The molecule has 0 atom stereocenters. The quantitative estimate of drug-likeness (QED) is 0.727. The van der Waals surface area contributed by atoms with E-state index in [1.165, 1.54) is 6.92 Å². The second-order valence-corrected chi connectivity index (χ2v) is 6.03. The first-order valence-corrected chi connectivity index (χ1v) is 8.17. The number of fused-ring (bicyclic) bond motifs is 1. The third kappa shape index (κ3) is 4.18. The first-order chi connectivity index (χ1) is 12.4. The SMILES string of the molecule is CC(=O)Nc1ccc2nc(NC(=O)c3ccc(OC(C)C)cc3)oc2c1. The maximum absolute atomic E-state index is 12.3. The van der Waals surface area contributed by atoms with Gasteiger partial charge in [-0.1, -0.05) is 0 Å². The standard InChI is InChI=1S/C19H19N3O4/c1-11(2)25-15-7-4-13(5-8-15)18(24)22-19-21-16-9-6-14(20-12(3)23)10-17(16)26-19/h4-11H,1-3H3,(H,20,23)(H,21,22,24). The highest BCUT2D eigenvalue weighted by Crippen LogP contribution is 2.23. The van der Waals surface area contributed by atoms with E-state index in [2.05, 4.69) is 15.6 Å².